The van der Waals surface area contributed by atoms with E-state index in [0.717, 1.165) is 6.29 Å². The molecule has 1 amide bonds. The number of amides is 1. The van der Waals surface area contributed by atoms with Crippen LogP contribution in [-0.4, -0.2) is 31.4 Å². The molecule has 1 fully saturated rings. The molecule has 0 aromatic heterocycles. The second-order valence-corrected chi connectivity index (χ2v) is 3.40. The molecule has 0 N–H and O–H groups in total. The minimum Gasteiger partial charge on any atom is -0.303 e. The Morgan fingerprint density at radius 2 is 2.33 bits per heavy atom. The van der Waals surface area contributed by atoms with Crippen molar-refractivity contribution in [2.45, 2.75) is 13.3 Å². The Bertz CT molecular complexity index is 216. The van der Waals surface area contributed by atoms with Crippen LogP contribution in [0, 0.1) is 11.3 Å². The normalized spacial score (nSPS) is 32.8. The number of aldehydes is 1. The Morgan fingerprint density at radius 1 is 1.75 bits per heavy atom. The summed E-state index contributed by atoms with van der Waals surface area (Å²) < 4.78 is 0. The fraction of sp³-hybridized carbons (Fsp3) is 0.750. The van der Waals surface area contributed by atoms with Gasteiger partial charge in [-0.1, -0.05) is 6.92 Å². The van der Waals surface area contributed by atoms with Crippen LogP contribution in [0.1, 0.15) is 13.3 Å². The second-order valence-electron chi connectivity index (χ2n) is 3.40. The summed E-state index contributed by atoms with van der Waals surface area (Å²) in [6.45, 7) is 1.78. The summed E-state index contributed by atoms with van der Waals surface area (Å²) in [5.41, 5.74) is -0.441. The van der Waals surface area contributed by atoms with Crippen LogP contribution in [-0.2, 0) is 14.4 Å². The van der Waals surface area contributed by atoms with Crippen molar-refractivity contribution in [2.75, 3.05) is 14.2 Å². The summed E-state index contributed by atoms with van der Waals surface area (Å²) in [6.07, 6.45) is 1.49. The maximum absolute atomic E-state index is 11.4. The summed E-state index contributed by atoms with van der Waals surface area (Å²) in [5, 5.41) is 1.17. The second kappa shape index (κ2) is 2.86. The monoisotopic (exact) mass is 171 g/mol. The zero-order chi connectivity index (χ0) is 9.35. The number of hydrogen-bond donors (Lipinski definition) is 0. The fourth-order valence-electron chi connectivity index (χ4n) is 1.19. The topological polar surface area (TPSA) is 46.6 Å². The first-order chi connectivity index (χ1) is 5.55. The van der Waals surface area contributed by atoms with E-state index in [1.165, 1.54) is 12.2 Å². The molecule has 68 valence electrons. The van der Waals surface area contributed by atoms with Crippen LogP contribution in [0.15, 0.2) is 0 Å². The SMILES string of the molecule is CON(C)C(=O)[C@H]1C[C@@]1(C)C=O. The summed E-state index contributed by atoms with van der Waals surface area (Å²) in [4.78, 5) is 26.6. The molecular formula is C8H13NO3. The quantitative estimate of drug-likeness (QED) is 0.451. The van der Waals surface area contributed by atoms with E-state index in [4.69, 9.17) is 4.84 Å². The highest BCUT2D eigenvalue weighted by atomic mass is 16.7. The minimum atomic E-state index is -0.441. The lowest BCUT2D eigenvalue weighted by Gasteiger charge is -2.13. The molecular weight excluding hydrogens is 158 g/mol. The highest BCUT2D eigenvalue weighted by Gasteiger charge is 2.55. The number of hydroxylamine groups is 2. The lowest BCUT2D eigenvalue weighted by atomic mass is 10.1. The zero-order valence-corrected chi connectivity index (χ0v) is 7.53. The van der Waals surface area contributed by atoms with Crippen molar-refractivity contribution in [1.82, 2.24) is 5.06 Å². The molecule has 0 aliphatic heterocycles. The van der Waals surface area contributed by atoms with Gasteiger partial charge in [-0.05, 0) is 6.42 Å². The largest absolute Gasteiger partial charge is 0.303 e. The number of nitrogens with zero attached hydrogens (tertiary/aromatic N) is 1. The van der Waals surface area contributed by atoms with Gasteiger partial charge < -0.3 is 4.79 Å². The highest BCUT2D eigenvalue weighted by molar-refractivity contribution is 5.87. The average molecular weight is 171 g/mol. The molecule has 4 nitrogen and oxygen atoms in total. The van der Waals surface area contributed by atoms with E-state index in [1.54, 1.807) is 14.0 Å². The van der Waals surface area contributed by atoms with E-state index < -0.39 is 5.41 Å². The van der Waals surface area contributed by atoms with Crippen molar-refractivity contribution < 1.29 is 14.4 Å². The fourth-order valence-corrected chi connectivity index (χ4v) is 1.19. The van der Waals surface area contributed by atoms with E-state index in [1.807, 2.05) is 0 Å². The average Bonchev–Trinajstić information content (AvgIpc) is 2.76. The Hall–Kier alpha value is -0.900. The zero-order valence-electron chi connectivity index (χ0n) is 7.53. The maximum atomic E-state index is 11.4. The molecule has 4 heteroatoms. The minimum absolute atomic E-state index is 0.118. The van der Waals surface area contributed by atoms with Gasteiger partial charge >= 0.3 is 0 Å². The first-order valence-corrected chi connectivity index (χ1v) is 3.83. The number of carbonyl (C=O) groups is 2. The van der Waals surface area contributed by atoms with Gasteiger partial charge in [-0.25, -0.2) is 5.06 Å². The summed E-state index contributed by atoms with van der Waals surface area (Å²) in [6, 6.07) is 0. The van der Waals surface area contributed by atoms with E-state index in [-0.39, 0.29) is 11.8 Å². The number of rotatable bonds is 3. The van der Waals surface area contributed by atoms with E-state index in [9.17, 15) is 9.59 Å². The van der Waals surface area contributed by atoms with Crippen LogP contribution >= 0.6 is 0 Å². The van der Waals surface area contributed by atoms with Crippen molar-refractivity contribution in [3.63, 3.8) is 0 Å². The third kappa shape index (κ3) is 1.34. The first-order valence-electron chi connectivity index (χ1n) is 3.83. The van der Waals surface area contributed by atoms with Crippen molar-refractivity contribution in [3.05, 3.63) is 0 Å². The van der Waals surface area contributed by atoms with E-state index in [2.05, 4.69) is 0 Å². The third-order valence-corrected chi connectivity index (χ3v) is 2.43. The Morgan fingerprint density at radius 3 is 2.67 bits per heavy atom. The van der Waals surface area contributed by atoms with Crippen molar-refractivity contribution >= 4 is 12.2 Å². The number of carbonyl (C=O) groups excluding carboxylic acids is 2. The van der Waals surface area contributed by atoms with Gasteiger partial charge in [0.15, 0.2) is 0 Å². The molecule has 1 aliphatic carbocycles. The smallest absolute Gasteiger partial charge is 0.249 e. The van der Waals surface area contributed by atoms with Crippen molar-refractivity contribution in [3.8, 4) is 0 Å². The molecule has 12 heavy (non-hydrogen) atoms. The summed E-state index contributed by atoms with van der Waals surface area (Å²) >= 11 is 0. The maximum Gasteiger partial charge on any atom is 0.249 e. The summed E-state index contributed by atoms with van der Waals surface area (Å²) in [5.74, 6) is -0.299. The Labute approximate surface area is 71.4 Å². The van der Waals surface area contributed by atoms with E-state index in [0.29, 0.717) is 6.42 Å². The molecule has 0 unspecified atom stereocenters. The van der Waals surface area contributed by atoms with Crippen LogP contribution < -0.4 is 0 Å². The van der Waals surface area contributed by atoms with Gasteiger partial charge in [-0.3, -0.25) is 9.63 Å². The molecule has 1 saturated carbocycles. The van der Waals surface area contributed by atoms with Crippen LogP contribution in [0.25, 0.3) is 0 Å². The predicted octanol–water partition coefficient (Wildman–Crippen LogP) is 0.231. The van der Waals surface area contributed by atoms with Crippen molar-refractivity contribution in [2.24, 2.45) is 11.3 Å². The molecule has 2 atom stereocenters. The van der Waals surface area contributed by atoms with Gasteiger partial charge in [-0.15, -0.1) is 0 Å². The lowest BCUT2D eigenvalue weighted by molar-refractivity contribution is -0.171. The molecule has 0 bridgehead atoms. The van der Waals surface area contributed by atoms with Gasteiger partial charge in [-0.2, -0.15) is 0 Å². The van der Waals surface area contributed by atoms with Gasteiger partial charge in [0.1, 0.15) is 6.29 Å². The van der Waals surface area contributed by atoms with Crippen LogP contribution in [0.3, 0.4) is 0 Å². The van der Waals surface area contributed by atoms with Gasteiger partial charge in [0.05, 0.1) is 13.0 Å². The molecule has 0 spiro atoms. The molecule has 0 saturated heterocycles. The number of hydrogen-bond acceptors (Lipinski definition) is 3. The van der Waals surface area contributed by atoms with Gasteiger partial charge in [0, 0.05) is 12.5 Å². The van der Waals surface area contributed by atoms with Gasteiger partial charge in [0.25, 0.3) is 0 Å². The predicted molar refractivity (Wildman–Crippen MR) is 42.1 cm³/mol. The molecule has 0 radical (unpaired) electrons. The highest BCUT2D eigenvalue weighted by Crippen LogP contribution is 2.51. The first kappa shape index (κ1) is 9.19. The molecule has 0 aromatic carbocycles. The Balaban J connectivity index is 2.53. The standard InChI is InChI=1S/C8H13NO3/c1-8(5-10)4-6(8)7(11)9(2)12-3/h5-6H,4H2,1-3H3/t6-,8+/m1/s1. The molecule has 1 aliphatic rings. The van der Waals surface area contributed by atoms with Crippen LogP contribution in [0.2, 0.25) is 0 Å². The lowest BCUT2D eigenvalue weighted by Crippen LogP contribution is -2.28. The third-order valence-electron chi connectivity index (χ3n) is 2.43. The summed E-state index contributed by atoms with van der Waals surface area (Å²) in [7, 11) is 2.98. The Kier molecular flexibility index (Phi) is 2.19. The molecule has 1 rings (SSSR count). The van der Waals surface area contributed by atoms with Crippen LogP contribution in [0.5, 0.6) is 0 Å². The van der Waals surface area contributed by atoms with Crippen LogP contribution in [0.4, 0.5) is 0 Å². The molecule has 0 heterocycles. The van der Waals surface area contributed by atoms with E-state index >= 15 is 0 Å². The van der Waals surface area contributed by atoms with Gasteiger partial charge in [0.2, 0.25) is 5.91 Å². The van der Waals surface area contributed by atoms with Crippen molar-refractivity contribution in [1.29, 1.82) is 0 Å². The molecule has 0 aromatic rings.